The topological polar surface area (TPSA) is 46.2 Å². The van der Waals surface area contributed by atoms with Gasteiger partial charge in [-0.3, -0.25) is 0 Å². The number of halogens is 5. The zero-order valence-corrected chi connectivity index (χ0v) is 8.99. The van der Waals surface area contributed by atoms with E-state index in [2.05, 4.69) is 0 Å². The maximum Gasteiger partial charge on any atom is 0.416 e. The molecule has 0 amide bonds. The second-order valence-electron chi connectivity index (χ2n) is 3.14. The van der Waals surface area contributed by atoms with Gasteiger partial charge >= 0.3 is 6.18 Å². The molecule has 1 aromatic carbocycles. The highest BCUT2D eigenvalue weighted by atomic mass is 35.5. The van der Waals surface area contributed by atoms with Gasteiger partial charge in [-0.15, -0.1) is 12.4 Å². The fourth-order valence-electron chi connectivity index (χ4n) is 1.29. The molecule has 0 aliphatic heterocycles. The van der Waals surface area contributed by atoms with Crippen molar-refractivity contribution in [2.75, 3.05) is 0 Å². The number of hydrogen-bond donors (Lipinski definition) is 2. The highest BCUT2D eigenvalue weighted by Crippen LogP contribution is 2.39. The van der Waals surface area contributed by atoms with Crippen LogP contribution in [0.25, 0.3) is 0 Å². The van der Waals surface area contributed by atoms with E-state index in [1.165, 1.54) is 6.92 Å². The first-order chi connectivity index (χ1) is 6.75. The Kier molecular flexibility index (Phi) is 4.57. The number of hydrogen-bond acceptors (Lipinski definition) is 2. The first-order valence-electron chi connectivity index (χ1n) is 4.09. The Morgan fingerprint density at radius 1 is 1.31 bits per heavy atom. The minimum Gasteiger partial charge on any atom is -0.505 e. The van der Waals surface area contributed by atoms with Crippen LogP contribution in [0.15, 0.2) is 12.1 Å². The second-order valence-corrected chi connectivity index (χ2v) is 3.14. The summed E-state index contributed by atoms with van der Waals surface area (Å²) in [5.41, 5.74) is 3.52. The first kappa shape index (κ1) is 15.0. The molecule has 0 aliphatic carbocycles. The zero-order valence-electron chi connectivity index (χ0n) is 8.18. The summed E-state index contributed by atoms with van der Waals surface area (Å²) in [6.07, 6.45) is -4.66. The van der Waals surface area contributed by atoms with Crippen molar-refractivity contribution in [3.8, 4) is 5.75 Å². The predicted octanol–water partition coefficient (Wildman–Crippen LogP) is 2.99. The number of phenolic OH excluding ortho intramolecular Hbond substituents is 1. The van der Waals surface area contributed by atoms with Crippen LogP contribution in [0.2, 0.25) is 0 Å². The molecule has 0 fully saturated rings. The largest absolute Gasteiger partial charge is 0.505 e. The van der Waals surface area contributed by atoms with E-state index in [-0.39, 0.29) is 12.4 Å². The molecule has 0 saturated carbocycles. The van der Waals surface area contributed by atoms with Crippen molar-refractivity contribution in [2.45, 2.75) is 19.1 Å². The quantitative estimate of drug-likeness (QED) is 0.762. The lowest BCUT2D eigenvalue weighted by atomic mass is 10.00. The van der Waals surface area contributed by atoms with Gasteiger partial charge in [0.25, 0.3) is 0 Å². The van der Waals surface area contributed by atoms with Gasteiger partial charge in [0, 0.05) is 11.6 Å². The maximum atomic E-state index is 12.8. The number of rotatable bonds is 1. The van der Waals surface area contributed by atoms with E-state index in [1.807, 2.05) is 0 Å². The van der Waals surface area contributed by atoms with Gasteiger partial charge in [0.05, 0.1) is 5.56 Å². The number of aromatic hydroxyl groups is 1. The van der Waals surface area contributed by atoms with E-state index >= 15 is 0 Å². The van der Waals surface area contributed by atoms with Crippen LogP contribution in [0.4, 0.5) is 17.6 Å². The van der Waals surface area contributed by atoms with Crippen LogP contribution in [-0.2, 0) is 6.18 Å². The normalized spacial score (nSPS) is 13.1. The van der Waals surface area contributed by atoms with Gasteiger partial charge in [0.2, 0.25) is 0 Å². The fraction of sp³-hybridized carbons (Fsp3) is 0.333. The molecule has 1 aromatic rings. The SMILES string of the molecule is C[C@H](N)c1c(C(F)(F)F)ccc(F)c1O.Cl. The van der Waals surface area contributed by atoms with Gasteiger partial charge in [-0.05, 0) is 19.1 Å². The molecule has 3 N–H and O–H groups in total. The molecule has 0 saturated heterocycles. The van der Waals surface area contributed by atoms with Gasteiger partial charge in [-0.1, -0.05) is 0 Å². The second kappa shape index (κ2) is 4.88. The summed E-state index contributed by atoms with van der Waals surface area (Å²) in [6, 6.07) is 0.0231. The molecule has 0 aromatic heterocycles. The van der Waals surface area contributed by atoms with Crippen molar-refractivity contribution < 1.29 is 22.7 Å². The molecule has 0 bridgehead atoms. The van der Waals surface area contributed by atoms with Crippen LogP contribution in [0.3, 0.4) is 0 Å². The van der Waals surface area contributed by atoms with Crippen molar-refractivity contribution in [2.24, 2.45) is 5.73 Å². The van der Waals surface area contributed by atoms with Gasteiger partial charge in [0.15, 0.2) is 11.6 Å². The summed E-state index contributed by atoms with van der Waals surface area (Å²) < 4.78 is 50.1. The monoisotopic (exact) mass is 259 g/mol. The Morgan fingerprint density at radius 3 is 2.19 bits per heavy atom. The minimum atomic E-state index is -4.66. The Hall–Kier alpha value is -1.01. The molecule has 0 spiro atoms. The Bertz CT molecular complexity index is 379. The van der Waals surface area contributed by atoms with Crippen LogP contribution in [0, 0.1) is 5.82 Å². The van der Waals surface area contributed by atoms with E-state index in [0.717, 1.165) is 0 Å². The lowest BCUT2D eigenvalue weighted by Crippen LogP contribution is -2.16. The van der Waals surface area contributed by atoms with E-state index in [9.17, 15) is 17.6 Å². The average Bonchev–Trinajstić information content (AvgIpc) is 2.06. The standard InChI is InChI=1S/C9H9F4NO.ClH/c1-4(14)7-5(9(11,12)13)2-3-6(10)8(7)15;/h2-4,15H,14H2,1H3;1H/t4-;/m0./s1. The van der Waals surface area contributed by atoms with Gasteiger partial charge in [-0.2, -0.15) is 13.2 Å². The zero-order chi connectivity index (χ0) is 11.8. The minimum absolute atomic E-state index is 0. The van der Waals surface area contributed by atoms with Crippen molar-refractivity contribution >= 4 is 12.4 Å². The van der Waals surface area contributed by atoms with Crippen molar-refractivity contribution in [3.63, 3.8) is 0 Å². The molecule has 1 rings (SSSR count). The van der Waals surface area contributed by atoms with E-state index in [0.29, 0.717) is 12.1 Å². The van der Waals surface area contributed by atoms with E-state index in [4.69, 9.17) is 10.8 Å². The lowest BCUT2D eigenvalue weighted by Gasteiger charge is -2.16. The number of alkyl halides is 3. The summed E-state index contributed by atoms with van der Waals surface area (Å²) in [5.74, 6) is -2.16. The Labute approximate surface area is 95.5 Å². The molecule has 1 atom stereocenters. The van der Waals surface area contributed by atoms with Crippen molar-refractivity contribution in [1.82, 2.24) is 0 Å². The van der Waals surface area contributed by atoms with E-state index < -0.39 is 34.9 Å². The van der Waals surface area contributed by atoms with Gasteiger partial charge in [0.1, 0.15) is 0 Å². The molecule has 0 heterocycles. The number of nitrogens with two attached hydrogens (primary N) is 1. The number of phenols is 1. The van der Waals surface area contributed by atoms with Crippen LogP contribution in [-0.4, -0.2) is 5.11 Å². The predicted molar refractivity (Wildman–Crippen MR) is 52.9 cm³/mol. The Morgan fingerprint density at radius 2 is 1.81 bits per heavy atom. The third-order valence-electron chi connectivity index (χ3n) is 1.93. The molecule has 2 nitrogen and oxygen atoms in total. The molecular weight excluding hydrogens is 250 g/mol. The summed E-state index contributed by atoms with van der Waals surface area (Å²) in [7, 11) is 0. The van der Waals surface area contributed by atoms with Crippen LogP contribution in [0.5, 0.6) is 5.75 Å². The highest BCUT2D eigenvalue weighted by molar-refractivity contribution is 5.85. The van der Waals surface area contributed by atoms with Crippen molar-refractivity contribution in [1.29, 1.82) is 0 Å². The molecule has 92 valence electrons. The molecule has 0 aliphatic rings. The van der Waals surface area contributed by atoms with Gasteiger partial charge in [-0.25, -0.2) is 4.39 Å². The molecule has 0 radical (unpaired) electrons. The molecule has 7 heteroatoms. The average molecular weight is 260 g/mol. The van der Waals surface area contributed by atoms with E-state index in [1.54, 1.807) is 0 Å². The summed E-state index contributed by atoms with van der Waals surface area (Å²) in [5, 5.41) is 9.16. The molecule has 16 heavy (non-hydrogen) atoms. The number of benzene rings is 1. The van der Waals surface area contributed by atoms with Gasteiger partial charge < -0.3 is 10.8 Å². The summed E-state index contributed by atoms with van der Waals surface area (Å²) in [4.78, 5) is 0. The maximum absolute atomic E-state index is 12.8. The van der Waals surface area contributed by atoms with Crippen molar-refractivity contribution in [3.05, 3.63) is 29.1 Å². The lowest BCUT2D eigenvalue weighted by molar-refractivity contribution is -0.138. The van der Waals surface area contributed by atoms with Crippen LogP contribution in [0.1, 0.15) is 24.1 Å². The third kappa shape index (κ3) is 2.76. The Balaban J connectivity index is 0.00000225. The third-order valence-corrected chi connectivity index (χ3v) is 1.93. The first-order valence-corrected chi connectivity index (χ1v) is 4.09. The van der Waals surface area contributed by atoms with Crippen LogP contribution >= 0.6 is 12.4 Å². The summed E-state index contributed by atoms with van der Waals surface area (Å²) in [6.45, 7) is 1.24. The molecular formula is C9H10ClF4NO. The smallest absolute Gasteiger partial charge is 0.416 e. The van der Waals surface area contributed by atoms with Crippen LogP contribution < -0.4 is 5.73 Å². The highest BCUT2D eigenvalue weighted by Gasteiger charge is 2.36. The summed E-state index contributed by atoms with van der Waals surface area (Å²) >= 11 is 0. The molecule has 0 unspecified atom stereocenters. The fourth-order valence-corrected chi connectivity index (χ4v) is 1.29.